The number of carbonyl (C=O) groups is 1. The van der Waals surface area contributed by atoms with Gasteiger partial charge >= 0.3 is 0 Å². The predicted octanol–water partition coefficient (Wildman–Crippen LogP) is 2.76. The maximum Gasteiger partial charge on any atom is 0.244 e. The summed E-state index contributed by atoms with van der Waals surface area (Å²) in [6.07, 6.45) is 5.99. The van der Waals surface area contributed by atoms with E-state index in [1.807, 2.05) is 0 Å². The van der Waals surface area contributed by atoms with Crippen LogP contribution >= 0.6 is 0 Å². The van der Waals surface area contributed by atoms with Crippen molar-refractivity contribution in [1.82, 2.24) is 10.2 Å². The Morgan fingerprint density at radius 1 is 1.30 bits per heavy atom. The normalized spacial score (nSPS) is 27.4. The van der Waals surface area contributed by atoms with Gasteiger partial charge in [0.05, 0.1) is 0 Å². The number of hydrogen-bond donors (Lipinski definition) is 1. The molecule has 0 radical (unpaired) electrons. The summed E-state index contributed by atoms with van der Waals surface area (Å²) >= 11 is 0. The van der Waals surface area contributed by atoms with Crippen molar-refractivity contribution in [1.29, 1.82) is 0 Å². The minimum atomic E-state index is -0.212. The predicted molar refractivity (Wildman–Crippen MR) is 78.1 cm³/mol. The maximum atomic E-state index is 12.7. The van der Waals surface area contributed by atoms with Crippen LogP contribution in [0.25, 0.3) is 0 Å². The number of rotatable bonds is 4. The lowest BCUT2D eigenvalue weighted by atomic mass is 10.1. The van der Waals surface area contributed by atoms with Crippen molar-refractivity contribution in [2.45, 2.75) is 50.7 Å². The summed E-state index contributed by atoms with van der Waals surface area (Å²) < 4.78 is 0. The number of hydrogen-bond acceptors (Lipinski definition) is 2. The molecule has 1 saturated heterocycles. The Labute approximate surface area is 120 Å². The van der Waals surface area contributed by atoms with Gasteiger partial charge < -0.3 is 4.90 Å². The van der Waals surface area contributed by atoms with Gasteiger partial charge in [-0.05, 0) is 43.2 Å². The van der Waals surface area contributed by atoms with Gasteiger partial charge in [0.25, 0.3) is 0 Å². The smallest absolute Gasteiger partial charge is 0.244 e. The summed E-state index contributed by atoms with van der Waals surface area (Å²) in [5, 5.41) is 3.62. The summed E-state index contributed by atoms with van der Waals surface area (Å²) in [5.41, 5.74) is 2.32. The van der Waals surface area contributed by atoms with Gasteiger partial charge in [-0.25, -0.2) is 0 Å². The number of nitrogens with zero attached hydrogens (tertiary/aromatic N) is 1. The van der Waals surface area contributed by atoms with Gasteiger partial charge in [-0.3, -0.25) is 10.1 Å². The molecule has 2 aliphatic carbocycles. The van der Waals surface area contributed by atoms with Crippen LogP contribution in [-0.2, 0) is 4.79 Å². The molecule has 1 N–H and O–H groups in total. The van der Waals surface area contributed by atoms with E-state index in [0.29, 0.717) is 5.91 Å². The molecule has 1 aromatic rings. The van der Waals surface area contributed by atoms with E-state index in [1.165, 1.54) is 30.4 Å². The fraction of sp³-hybridized carbons (Fsp3) is 0.588. The van der Waals surface area contributed by atoms with Crippen LogP contribution in [0, 0.1) is 12.8 Å². The van der Waals surface area contributed by atoms with Crippen molar-refractivity contribution in [3.05, 3.63) is 35.4 Å². The van der Waals surface area contributed by atoms with Crippen molar-refractivity contribution >= 4 is 5.91 Å². The second-order valence-corrected chi connectivity index (χ2v) is 6.72. The van der Waals surface area contributed by atoms with Crippen LogP contribution in [0.3, 0.4) is 0 Å². The lowest BCUT2D eigenvalue weighted by Crippen LogP contribution is -2.33. The summed E-state index contributed by atoms with van der Waals surface area (Å²) in [7, 11) is 0. The monoisotopic (exact) mass is 270 g/mol. The molecular weight excluding hydrogens is 248 g/mol. The fourth-order valence-corrected chi connectivity index (χ4v) is 3.37. The zero-order valence-electron chi connectivity index (χ0n) is 12.1. The third-order valence-electron chi connectivity index (χ3n) is 5.10. The lowest BCUT2D eigenvalue weighted by molar-refractivity contribution is -0.131. The summed E-state index contributed by atoms with van der Waals surface area (Å²) in [5.74, 6) is 1.21. The molecular formula is C17H22N2O. The molecule has 3 aliphatic rings. The van der Waals surface area contributed by atoms with E-state index in [9.17, 15) is 4.79 Å². The van der Waals surface area contributed by atoms with Crippen molar-refractivity contribution in [3.8, 4) is 0 Å². The number of nitrogens with one attached hydrogen (secondary N) is 1. The highest BCUT2D eigenvalue weighted by Gasteiger charge is 2.59. The molecule has 3 nitrogen and oxygen atoms in total. The molecule has 0 bridgehead atoms. The molecule has 3 heteroatoms. The van der Waals surface area contributed by atoms with Crippen LogP contribution in [0.5, 0.6) is 0 Å². The SMILES string of the molecule is Cc1ccccc1C1NC2(CC2)C(=O)N1CCC1CC1. The largest absolute Gasteiger partial charge is 0.321 e. The van der Waals surface area contributed by atoms with E-state index in [2.05, 4.69) is 41.4 Å². The van der Waals surface area contributed by atoms with E-state index < -0.39 is 0 Å². The van der Waals surface area contributed by atoms with Gasteiger partial charge in [-0.15, -0.1) is 0 Å². The van der Waals surface area contributed by atoms with E-state index >= 15 is 0 Å². The first-order valence-electron chi connectivity index (χ1n) is 7.84. The first-order valence-corrected chi connectivity index (χ1v) is 7.84. The highest BCUT2D eigenvalue weighted by molar-refractivity contribution is 5.92. The molecule has 1 atom stereocenters. The second-order valence-electron chi connectivity index (χ2n) is 6.72. The average molecular weight is 270 g/mol. The topological polar surface area (TPSA) is 32.3 Å². The van der Waals surface area contributed by atoms with Crippen molar-refractivity contribution in [2.24, 2.45) is 5.92 Å². The molecule has 4 rings (SSSR count). The highest BCUT2D eigenvalue weighted by Crippen LogP contribution is 2.47. The molecule has 1 spiro atoms. The Morgan fingerprint density at radius 3 is 2.70 bits per heavy atom. The molecule has 1 heterocycles. The zero-order valence-corrected chi connectivity index (χ0v) is 12.1. The Bertz CT molecular complexity index is 546. The second kappa shape index (κ2) is 4.32. The molecule has 0 aromatic heterocycles. The van der Waals surface area contributed by atoms with Gasteiger partial charge in [-0.1, -0.05) is 37.1 Å². The summed E-state index contributed by atoms with van der Waals surface area (Å²) in [6, 6.07) is 8.44. The zero-order chi connectivity index (χ0) is 13.7. The standard InChI is InChI=1S/C17H22N2O/c1-12-4-2-3-5-14(12)15-18-17(9-10-17)16(20)19(15)11-8-13-6-7-13/h2-5,13,15,18H,6-11H2,1H3. The quantitative estimate of drug-likeness (QED) is 0.912. The molecule has 1 aliphatic heterocycles. The van der Waals surface area contributed by atoms with Crippen LogP contribution < -0.4 is 5.32 Å². The van der Waals surface area contributed by atoms with E-state index in [1.54, 1.807) is 0 Å². The summed E-state index contributed by atoms with van der Waals surface area (Å²) in [4.78, 5) is 14.8. The van der Waals surface area contributed by atoms with Crippen LogP contribution in [0.1, 0.15) is 49.4 Å². The van der Waals surface area contributed by atoms with Crippen molar-refractivity contribution in [2.75, 3.05) is 6.54 Å². The van der Waals surface area contributed by atoms with Crippen LogP contribution in [0.2, 0.25) is 0 Å². The Balaban J connectivity index is 1.61. The third kappa shape index (κ3) is 1.96. The third-order valence-corrected chi connectivity index (χ3v) is 5.10. The fourth-order valence-electron chi connectivity index (χ4n) is 3.37. The van der Waals surface area contributed by atoms with E-state index in [4.69, 9.17) is 0 Å². The highest BCUT2D eigenvalue weighted by atomic mass is 16.2. The molecule has 3 fully saturated rings. The lowest BCUT2D eigenvalue weighted by Gasteiger charge is -2.25. The van der Waals surface area contributed by atoms with Crippen molar-refractivity contribution < 1.29 is 4.79 Å². The first-order chi connectivity index (χ1) is 9.70. The number of benzene rings is 1. The molecule has 1 aromatic carbocycles. The van der Waals surface area contributed by atoms with Gasteiger partial charge in [-0.2, -0.15) is 0 Å². The van der Waals surface area contributed by atoms with Gasteiger partial charge in [0, 0.05) is 6.54 Å². The van der Waals surface area contributed by atoms with Crippen LogP contribution in [0.15, 0.2) is 24.3 Å². The van der Waals surface area contributed by atoms with E-state index in [-0.39, 0.29) is 11.7 Å². The molecule has 2 saturated carbocycles. The van der Waals surface area contributed by atoms with Gasteiger partial charge in [0.2, 0.25) is 5.91 Å². The van der Waals surface area contributed by atoms with E-state index in [0.717, 1.165) is 25.3 Å². The Morgan fingerprint density at radius 2 is 2.05 bits per heavy atom. The number of aryl methyl sites for hydroxylation is 1. The van der Waals surface area contributed by atoms with Crippen molar-refractivity contribution in [3.63, 3.8) is 0 Å². The molecule has 1 amide bonds. The number of carbonyl (C=O) groups excluding carboxylic acids is 1. The molecule has 20 heavy (non-hydrogen) atoms. The number of amides is 1. The molecule has 1 unspecified atom stereocenters. The Kier molecular flexibility index (Phi) is 2.68. The maximum absolute atomic E-state index is 12.7. The average Bonchev–Trinajstić information content (AvgIpc) is 3.33. The van der Waals surface area contributed by atoms with Crippen LogP contribution in [0.4, 0.5) is 0 Å². The van der Waals surface area contributed by atoms with Crippen LogP contribution in [-0.4, -0.2) is 22.9 Å². The molecule has 106 valence electrons. The minimum Gasteiger partial charge on any atom is -0.321 e. The Hall–Kier alpha value is -1.35. The summed E-state index contributed by atoms with van der Waals surface area (Å²) in [6.45, 7) is 3.05. The van der Waals surface area contributed by atoms with Gasteiger partial charge in [0.15, 0.2) is 0 Å². The minimum absolute atomic E-state index is 0.0879. The van der Waals surface area contributed by atoms with Gasteiger partial charge in [0.1, 0.15) is 11.7 Å². The first kappa shape index (κ1) is 12.4.